The highest BCUT2D eigenvalue weighted by atomic mass is 32.1. The molecule has 0 spiro atoms. The molecule has 1 heterocycles. The van der Waals surface area contributed by atoms with Gasteiger partial charge >= 0.3 is 0 Å². The van der Waals surface area contributed by atoms with Gasteiger partial charge in [-0.3, -0.25) is 10.1 Å². The lowest BCUT2D eigenvalue weighted by molar-refractivity contribution is -0.112. The highest BCUT2D eigenvalue weighted by Gasteiger charge is 2.09. The molecule has 0 bridgehead atoms. The van der Waals surface area contributed by atoms with E-state index < -0.39 is 0 Å². The lowest BCUT2D eigenvalue weighted by Crippen LogP contribution is -2.12. The Hall–Kier alpha value is -1.68. The van der Waals surface area contributed by atoms with Crippen molar-refractivity contribution >= 4 is 32.6 Å². The molecule has 1 aromatic heterocycles. The second kappa shape index (κ2) is 5.31. The van der Waals surface area contributed by atoms with Crippen molar-refractivity contribution in [3.63, 3.8) is 0 Å². The van der Waals surface area contributed by atoms with Gasteiger partial charge in [-0.05, 0) is 31.9 Å². The summed E-state index contributed by atoms with van der Waals surface area (Å²) in [5, 5.41) is 3.50. The Labute approximate surface area is 111 Å². The predicted molar refractivity (Wildman–Crippen MR) is 77.0 cm³/mol. The molecule has 0 aliphatic rings. The molecule has 1 N–H and O–H groups in total. The minimum absolute atomic E-state index is 0.0754. The highest BCUT2D eigenvalue weighted by Crippen LogP contribution is 2.28. The first-order chi connectivity index (χ1) is 8.61. The standard InChI is InChI=1S/C14H16N2OS/c1-4-6-10(3)13(17)16-14-15-12-9(2)7-5-8-11(12)18-14/h5-8H,4H2,1-3H3,(H,15,16,17)/b10-6-. The maximum atomic E-state index is 11.9. The molecule has 0 atom stereocenters. The minimum Gasteiger partial charge on any atom is -0.298 e. The summed E-state index contributed by atoms with van der Waals surface area (Å²) in [6.45, 7) is 5.85. The molecule has 3 nitrogen and oxygen atoms in total. The van der Waals surface area contributed by atoms with Gasteiger partial charge in [-0.2, -0.15) is 0 Å². The lowest BCUT2D eigenvalue weighted by Gasteiger charge is -2.00. The first-order valence-corrected chi connectivity index (χ1v) is 6.77. The second-order valence-electron chi connectivity index (χ2n) is 4.19. The summed E-state index contributed by atoms with van der Waals surface area (Å²) >= 11 is 1.50. The van der Waals surface area contributed by atoms with E-state index >= 15 is 0 Å². The number of aromatic nitrogens is 1. The zero-order chi connectivity index (χ0) is 13.1. The first kappa shape index (κ1) is 12.8. The van der Waals surface area contributed by atoms with Crippen LogP contribution in [0.3, 0.4) is 0 Å². The van der Waals surface area contributed by atoms with Gasteiger partial charge in [-0.15, -0.1) is 0 Å². The summed E-state index contributed by atoms with van der Waals surface area (Å²) in [6.07, 6.45) is 2.77. The molecular formula is C14H16N2OS. The molecule has 0 aliphatic heterocycles. The molecule has 18 heavy (non-hydrogen) atoms. The molecule has 0 radical (unpaired) electrons. The Bertz CT molecular complexity index is 613. The number of thiazole rings is 1. The number of rotatable bonds is 3. The number of fused-ring (bicyclic) bond motifs is 1. The molecule has 1 aromatic carbocycles. The Balaban J connectivity index is 2.25. The van der Waals surface area contributed by atoms with Gasteiger partial charge in [0.1, 0.15) is 0 Å². The lowest BCUT2D eigenvalue weighted by atomic mass is 10.2. The van der Waals surface area contributed by atoms with Crippen LogP contribution >= 0.6 is 11.3 Å². The van der Waals surface area contributed by atoms with Gasteiger partial charge in [0.25, 0.3) is 5.91 Å². The largest absolute Gasteiger partial charge is 0.298 e. The van der Waals surface area contributed by atoms with Crippen molar-refractivity contribution < 1.29 is 4.79 Å². The summed E-state index contributed by atoms with van der Waals surface area (Å²) in [6, 6.07) is 6.05. The van der Waals surface area contributed by atoms with Crippen molar-refractivity contribution in [3.8, 4) is 0 Å². The summed E-state index contributed by atoms with van der Waals surface area (Å²) in [4.78, 5) is 16.3. The van der Waals surface area contributed by atoms with Crippen molar-refractivity contribution in [1.82, 2.24) is 4.98 Å². The van der Waals surface area contributed by atoms with Crippen molar-refractivity contribution in [2.45, 2.75) is 27.2 Å². The number of aryl methyl sites for hydroxylation is 1. The van der Waals surface area contributed by atoms with E-state index in [1.54, 1.807) is 0 Å². The Morgan fingerprint density at radius 2 is 2.28 bits per heavy atom. The SMILES string of the molecule is CC/C=C(/C)C(=O)Nc1nc2c(C)cccc2s1. The smallest absolute Gasteiger partial charge is 0.252 e. The third kappa shape index (κ3) is 2.59. The maximum absolute atomic E-state index is 11.9. The predicted octanol–water partition coefficient (Wildman–Crippen LogP) is 3.90. The second-order valence-corrected chi connectivity index (χ2v) is 5.22. The summed E-state index contributed by atoms with van der Waals surface area (Å²) in [7, 11) is 0. The van der Waals surface area contributed by atoms with Gasteiger partial charge in [-0.25, -0.2) is 4.98 Å². The topological polar surface area (TPSA) is 42.0 Å². The number of carbonyl (C=O) groups excluding carboxylic acids is 1. The van der Waals surface area contributed by atoms with Crippen LogP contribution in [0.4, 0.5) is 5.13 Å². The molecule has 0 saturated heterocycles. The van der Waals surface area contributed by atoms with Crippen LogP contribution in [-0.4, -0.2) is 10.9 Å². The van der Waals surface area contributed by atoms with E-state index in [9.17, 15) is 4.79 Å². The third-order valence-electron chi connectivity index (χ3n) is 2.71. The van der Waals surface area contributed by atoms with E-state index in [0.717, 1.165) is 27.8 Å². The zero-order valence-electron chi connectivity index (χ0n) is 10.8. The van der Waals surface area contributed by atoms with Crippen LogP contribution in [0.5, 0.6) is 0 Å². The molecular weight excluding hydrogens is 244 g/mol. The van der Waals surface area contributed by atoms with Gasteiger partial charge in [0, 0.05) is 5.57 Å². The average Bonchev–Trinajstić information content (AvgIpc) is 2.73. The van der Waals surface area contributed by atoms with Crippen LogP contribution in [-0.2, 0) is 4.79 Å². The number of anilines is 1. The van der Waals surface area contributed by atoms with Crippen LogP contribution < -0.4 is 5.32 Å². The van der Waals surface area contributed by atoms with Gasteiger partial charge < -0.3 is 0 Å². The molecule has 1 amide bonds. The number of hydrogen-bond acceptors (Lipinski definition) is 3. The number of carbonyl (C=O) groups is 1. The van der Waals surface area contributed by atoms with Crippen LogP contribution in [0.25, 0.3) is 10.2 Å². The molecule has 94 valence electrons. The number of hydrogen-bond donors (Lipinski definition) is 1. The Kier molecular flexibility index (Phi) is 3.77. The van der Waals surface area contributed by atoms with Gasteiger partial charge in [0.05, 0.1) is 10.2 Å². The Morgan fingerprint density at radius 3 is 2.94 bits per heavy atom. The quantitative estimate of drug-likeness (QED) is 0.850. The fourth-order valence-corrected chi connectivity index (χ4v) is 2.67. The van der Waals surface area contributed by atoms with Crippen LogP contribution in [0.1, 0.15) is 25.8 Å². The molecule has 0 aliphatic carbocycles. The third-order valence-corrected chi connectivity index (χ3v) is 3.65. The Morgan fingerprint density at radius 1 is 1.50 bits per heavy atom. The van der Waals surface area contributed by atoms with Gasteiger partial charge in [0.2, 0.25) is 0 Å². The highest BCUT2D eigenvalue weighted by molar-refractivity contribution is 7.22. The number of nitrogens with zero attached hydrogens (tertiary/aromatic N) is 1. The minimum atomic E-state index is -0.0754. The number of amides is 1. The van der Waals surface area contributed by atoms with Crippen LogP contribution in [0, 0.1) is 6.92 Å². The maximum Gasteiger partial charge on any atom is 0.252 e. The monoisotopic (exact) mass is 260 g/mol. The average molecular weight is 260 g/mol. The van der Waals surface area contributed by atoms with E-state index in [0.29, 0.717) is 5.13 Å². The van der Waals surface area contributed by atoms with E-state index in [1.165, 1.54) is 11.3 Å². The normalized spacial score (nSPS) is 11.8. The van der Waals surface area contributed by atoms with Crippen LogP contribution in [0.15, 0.2) is 29.8 Å². The van der Waals surface area contributed by atoms with Crippen molar-refractivity contribution in [2.75, 3.05) is 5.32 Å². The van der Waals surface area contributed by atoms with Crippen molar-refractivity contribution in [1.29, 1.82) is 0 Å². The molecule has 0 unspecified atom stereocenters. The molecule has 0 saturated carbocycles. The summed E-state index contributed by atoms with van der Waals surface area (Å²) < 4.78 is 1.10. The fourth-order valence-electron chi connectivity index (χ4n) is 1.73. The van der Waals surface area contributed by atoms with Gasteiger partial charge in [-0.1, -0.05) is 36.5 Å². The number of nitrogens with one attached hydrogen (secondary N) is 1. The number of para-hydroxylation sites is 1. The van der Waals surface area contributed by atoms with E-state index in [1.807, 2.05) is 45.0 Å². The zero-order valence-corrected chi connectivity index (χ0v) is 11.6. The number of allylic oxidation sites excluding steroid dienone is 1. The molecule has 2 aromatic rings. The van der Waals surface area contributed by atoms with Crippen LogP contribution in [0.2, 0.25) is 0 Å². The summed E-state index contributed by atoms with van der Waals surface area (Å²) in [5.74, 6) is -0.0754. The van der Waals surface area contributed by atoms with Gasteiger partial charge in [0.15, 0.2) is 5.13 Å². The summed E-state index contributed by atoms with van der Waals surface area (Å²) in [5.41, 5.74) is 2.83. The van der Waals surface area contributed by atoms with Crippen molar-refractivity contribution in [2.24, 2.45) is 0 Å². The van der Waals surface area contributed by atoms with E-state index in [2.05, 4.69) is 10.3 Å². The molecule has 4 heteroatoms. The van der Waals surface area contributed by atoms with E-state index in [4.69, 9.17) is 0 Å². The first-order valence-electron chi connectivity index (χ1n) is 5.96. The molecule has 0 fully saturated rings. The fraction of sp³-hybridized carbons (Fsp3) is 0.286. The molecule has 2 rings (SSSR count). The van der Waals surface area contributed by atoms with E-state index in [-0.39, 0.29) is 5.91 Å². The number of benzene rings is 1. The van der Waals surface area contributed by atoms with Crippen molar-refractivity contribution in [3.05, 3.63) is 35.4 Å².